The van der Waals surface area contributed by atoms with Crippen molar-refractivity contribution in [1.82, 2.24) is 4.90 Å². The van der Waals surface area contributed by atoms with Gasteiger partial charge in [-0.1, -0.05) is 26.2 Å². The number of likely N-dealkylation sites (N-methyl/N-ethyl adjacent to an activating group) is 1. The molecule has 0 saturated heterocycles. The van der Waals surface area contributed by atoms with E-state index in [1.807, 2.05) is 0 Å². The predicted octanol–water partition coefficient (Wildman–Crippen LogP) is 1.07. The minimum absolute atomic E-state index is 0.469. The molecule has 0 aliphatic carbocycles. The molecule has 2 heteroatoms. The summed E-state index contributed by atoms with van der Waals surface area (Å²) >= 11 is 0. The van der Waals surface area contributed by atoms with Crippen molar-refractivity contribution in [2.24, 2.45) is 5.73 Å². The molecule has 0 aromatic heterocycles. The summed E-state index contributed by atoms with van der Waals surface area (Å²) < 4.78 is 0. The minimum Gasteiger partial charge on any atom is -0.329 e. The Balaban J connectivity index is 3.95. The van der Waals surface area contributed by atoms with Gasteiger partial charge in [0.15, 0.2) is 0 Å². The van der Waals surface area contributed by atoms with Crippen LogP contribution < -0.4 is 5.73 Å². The van der Waals surface area contributed by atoms with Gasteiger partial charge >= 0.3 is 0 Å². The topological polar surface area (TPSA) is 29.3 Å². The molecular weight excluding hydrogens is 148 g/mol. The van der Waals surface area contributed by atoms with Gasteiger partial charge in [0.2, 0.25) is 0 Å². The van der Waals surface area contributed by atoms with E-state index in [0.717, 1.165) is 19.5 Å². The third-order valence-corrected chi connectivity index (χ3v) is 2.11. The first-order valence-corrected chi connectivity index (χ1v) is 4.67. The van der Waals surface area contributed by atoms with Crippen molar-refractivity contribution in [3.63, 3.8) is 0 Å². The van der Waals surface area contributed by atoms with Crippen molar-refractivity contribution < 1.29 is 0 Å². The van der Waals surface area contributed by atoms with Gasteiger partial charge in [-0.15, -0.1) is 6.42 Å². The van der Waals surface area contributed by atoms with Gasteiger partial charge in [-0.25, -0.2) is 0 Å². The number of hydrogen-bond acceptors (Lipinski definition) is 2. The molecule has 0 heterocycles. The van der Waals surface area contributed by atoms with Crippen LogP contribution >= 0.6 is 0 Å². The SMILES string of the molecule is C#CCN(CC)C(CN)CCC. The van der Waals surface area contributed by atoms with Crippen LogP contribution in [0.4, 0.5) is 0 Å². The molecule has 1 atom stereocenters. The summed E-state index contributed by atoms with van der Waals surface area (Å²) in [6.45, 7) is 6.72. The monoisotopic (exact) mass is 168 g/mol. The summed E-state index contributed by atoms with van der Waals surface area (Å²) in [5.74, 6) is 2.66. The van der Waals surface area contributed by atoms with Crippen molar-refractivity contribution in [1.29, 1.82) is 0 Å². The Labute approximate surface area is 76.1 Å². The molecule has 0 aromatic carbocycles. The number of nitrogens with two attached hydrogens (primary N) is 1. The Hall–Kier alpha value is -0.520. The summed E-state index contributed by atoms with van der Waals surface area (Å²) in [5.41, 5.74) is 5.66. The van der Waals surface area contributed by atoms with Crippen LogP contribution in [0, 0.1) is 12.3 Å². The average molecular weight is 168 g/mol. The lowest BCUT2D eigenvalue weighted by molar-refractivity contribution is 0.224. The maximum Gasteiger partial charge on any atom is 0.0601 e. The lowest BCUT2D eigenvalue weighted by Gasteiger charge is -2.27. The lowest BCUT2D eigenvalue weighted by atomic mass is 10.1. The highest BCUT2D eigenvalue weighted by Gasteiger charge is 2.12. The van der Waals surface area contributed by atoms with Gasteiger partial charge in [0.1, 0.15) is 0 Å². The normalized spacial score (nSPS) is 12.9. The molecule has 0 amide bonds. The number of rotatable bonds is 6. The second-order valence-electron chi connectivity index (χ2n) is 2.95. The van der Waals surface area contributed by atoms with Crippen LogP contribution in [0.3, 0.4) is 0 Å². The molecule has 0 aromatic rings. The van der Waals surface area contributed by atoms with E-state index in [9.17, 15) is 0 Å². The molecule has 0 rings (SSSR count). The largest absolute Gasteiger partial charge is 0.329 e. The summed E-state index contributed by atoms with van der Waals surface area (Å²) in [5, 5.41) is 0. The molecule has 2 N–H and O–H groups in total. The van der Waals surface area contributed by atoms with Gasteiger partial charge in [-0.3, -0.25) is 4.90 Å². The van der Waals surface area contributed by atoms with Gasteiger partial charge in [0.25, 0.3) is 0 Å². The third kappa shape index (κ3) is 3.75. The highest BCUT2D eigenvalue weighted by molar-refractivity contribution is 4.90. The van der Waals surface area contributed by atoms with Crippen LogP contribution in [0.25, 0.3) is 0 Å². The van der Waals surface area contributed by atoms with Gasteiger partial charge < -0.3 is 5.73 Å². The highest BCUT2D eigenvalue weighted by Crippen LogP contribution is 2.04. The van der Waals surface area contributed by atoms with Gasteiger partial charge in [0.05, 0.1) is 6.54 Å². The first-order chi connectivity index (χ1) is 5.79. The zero-order chi connectivity index (χ0) is 9.40. The molecule has 0 radical (unpaired) electrons. The fourth-order valence-electron chi connectivity index (χ4n) is 1.40. The first kappa shape index (κ1) is 11.5. The standard InChI is InChI=1S/C10H20N2/c1-4-7-10(9-11)12(6-3)8-5-2/h2,10H,4,6-9,11H2,1,3H3. The molecule has 0 saturated carbocycles. The minimum atomic E-state index is 0.469. The molecule has 12 heavy (non-hydrogen) atoms. The molecule has 0 bridgehead atoms. The van der Waals surface area contributed by atoms with Crippen LogP contribution in [0.2, 0.25) is 0 Å². The Morgan fingerprint density at radius 3 is 2.50 bits per heavy atom. The lowest BCUT2D eigenvalue weighted by Crippen LogP contribution is -2.40. The Bertz CT molecular complexity index is 137. The zero-order valence-corrected chi connectivity index (χ0v) is 8.21. The molecule has 70 valence electrons. The molecule has 0 aliphatic heterocycles. The van der Waals surface area contributed by atoms with Crippen molar-refractivity contribution >= 4 is 0 Å². The van der Waals surface area contributed by atoms with E-state index in [1.165, 1.54) is 6.42 Å². The van der Waals surface area contributed by atoms with E-state index in [1.54, 1.807) is 0 Å². The van der Waals surface area contributed by atoms with Crippen LogP contribution in [-0.2, 0) is 0 Å². The average Bonchev–Trinajstić information content (AvgIpc) is 2.11. The predicted molar refractivity (Wildman–Crippen MR) is 53.8 cm³/mol. The second-order valence-corrected chi connectivity index (χ2v) is 2.95. The van der Waals surface area contributed by atoms with Crippen molar-refractivity contribution in [2.45, 2.75) is 32.7 Å². The molecule has 0 aliphatic rings. The van der Waals surface area contributed by atoms with Crippen molar-refractivity contribution in [3.8, 4) is 12.3 Å². The van der Waals surface area contributed by atoms with Crippen LogP contribution in [0.15, 0.2) is 0 Å². The highest BCUT2D eigenvalue weighted by atomic mass is 15.1. The molecule has 1 unspecified atom stereocenters. The van der Waals surface area contributed by atoms with E-state index in [-0.39, 0.29) is 0 Å². The quantitative estimate of drug-likeness (QED) is 0.601. The maximum atomic E-state index is 5.66. The maximum absolute atomic E-state index is 5.66. The first-order valence-electron chi connectivity index (χ1n) is 4.67. The van der Waals surface area contributed by atoms with E-state index in [0.29, 0.717) is 12.6 Å². The molecule has 0 fully saturated rings. The number of terminal acetylenes is 1. The van der Waals surface area contributed by atoms with Gasteiger partial charge in [-0.05, 0) is 13.0 Å². The third-order valence-electron chi connectivity index (χ3n) is 2.11. The van der Waals surface area contributed by atoms with E-state index < -0.39 is 0 Å². The smallest absolute Gasteiger partial charge is 0.0601 e. The molecule has 2 nitrogen and oxygen atoms in total. The molecular formula is C10H20N2. The Morgan fingerprint density at radius 2 is 2.17 bits per heavy atom. The summed E-state index contributed by atoms with van der Waals surface area (Å²) in [7, 11) is 0. The summed E-state index contributed by atoms with van der Waals surface area (Å²) in [6, 6.07) is 0.469. The fourth-order valence-corrected chi connectivity index (χ4v) is 1.40. The van der Waals surface area contributed by atoms with Crippen molar-refractivity contribution in [2.75, 3.05) is 19.6 Å². The second kappa shape index (κ2) is 7.15. The van der Waals surface area contributed by atoms with E-state index >= 15 is 0 Å². The molecule has 0 spiro atoms. The van der Waals surface area contributed by atoms with Crippen LogP contribution in [0.5, 0.6) is 0 Å². The summed E-state index contributed by atoms with van der Waals surface area (Å²) in [4.78, 5) is 2.25. The van der Waals surface area contributed by atoms with Gasteiger partial charge in [0, 0.05) is 12.6 Å². The van der Waals surface area contributed by atoms with Gasteiger partial charge in [-0.2, -0.15) is 0 Å². The number of hydrogen-bond donors (Lipinski definition) is 1. The van der Waals surface area contributed by atoms with E-state index in [2.05, 4.69) is 24.7 Å². The summed E-state index contributed by atoms with van der Waals surface area (Å²) in [6.07, 6.45) is 7.58. The fraction of sp³-hybridized carbons (Fsp3) is 0.800. The zero-order valence-electron chi connectivity index (χ0n) is 8.21. The van der Waals surface area contributed by atoms with Crippen molar-refractivity contribution in [3.05, 3.63) is 0 Å². The van der Waals surface area contributed by atoms with Crippen LogP contribution in [0.1, 0.15) is 26.7 Å². The Morgan fingerprint density at radius 1 is 1.50 bits per heavy atom. The van der Waals surface area contributed by atoms with Crippen LogP contribution in [-0.4, -0.2) is 30.6 Å². The van der Waals surface area contributed by atoms with E-state index in [4.69, 9.17) is 12.2 Å². The number of nitrogens with zero attached hydrogens (tertiary/aromatic N) is 1. The Kier molecular flexibility index (Phi) is 6.84.